The van der Waals surface area contributed by atoms with Crippen molar-refractivity contribution in [3.05, 3.63) is 46.6 Å². The van der Waals surface area contributed by atoms with Crippen molar-refractivity contribution in [3.63, 3.8) is 0 Å². The summed E-state index contributed by atoms with van der Waals surface area (Å²) in [5.41, 5.74) is 1.50. The number of aromatic hydroxyl groups is 2. The van der Waals surface area contributed by atoms with Crippen LogP contribution in [0.5, 0.6) is 11.5 Å². The van der Waals surface area contributed by atoms with Gasteiger partial charge < -0.3 is 15.1 Å². The second kappa shape index (κ2) is 8.10. The van der Waals surface area contributed by atoms with Crippen LogP contribution in [0.15, 0.2) is 35.4 Å². The fraction of sp³-hybridized carbons (Fsp3) is 0.263. The molecule has 0 saturated carbocycles. The topological polar surface area (TPSA) is 119 Å². The molecule has 2 amide bonds. The van der Waals surface area contributed by atoms with Crippen LogP contribution in [0.2, 0.25) is 0 Å². The molecule has 0 unspecified atom stereocenters. The molecule has 9 nitrogen and oxygen atoms in total. The number of anilines is 1. The Bertz CT molecular complexity index is 988. The number of rotatable bonds is 4. The number of nitrogens with zero attached hydrogens (tertiary/aromatic N) is 4. The Labute approximate surface area is 171 Å². The SMILES string of the molecule is O=C1NC(=O)C(=Cc2ccnc(N3CCN(Cc4ccc(O)c(O)c4)CC3)n2)S1. The number of hydrogen-bond acceptors (Lipinski definition) is 9. The Morgan fingerprint density at radius 3 is 2.59 bits per heavy atom. The van der Waals surface area contributed by atoms with Gasteiger partial charge in [-0.15, -0.1) is 0 Å². The minimum atomic E-state index is -0.408. The lowest BCUT2D eigenvalue weighted by Crippen LogP contribution is -2.46. The number of phenolic OH excluding ortho intramolecular Hbond substituents is 2. The lowest BCUT2D eigenvalue weighted by Gasteiger charge is -2.34. The largest absolute Gasteiger partial charge is 0.504 e. The van der Waals surface area contributed by atoms with Gasteiger partial charge in [-0.3, -0.25) is 19.8 Å². The van der Waals surface area contributed by atoms with Crippen LogP contribution in [0, 0.1) is 0 Å². The molecule has 0 atom stereocenters. The van der Waals surface area contributed by atoms with Gasteiger partial charge in [-0.25, -0.2) is 9.97 Å². The second-order valence-electron chi connectivity index (χ2n) is 6.72. The average molecular weight is 413 g/mol. The Morgan fingerprint density at radius 2 is 1.90 bits per heavy atom. The molecule has 0 aliphatic carbocycles. The van der Waals surface area contributed by atoms with Crippen LogP contribution < -0.4 is 10.2 Å². The lowest BCUT2D eigenvalue weighted by molar-refractivity contribution is -0.115. The molecule has 2 saturated heterocycles. The van der Waals surface area contributed by atoms with E-state index in [1.54, 1.807) is 30.5 Å². The predicted octanol–water partition coefficient (Wildman–Crippen LogP) is 1.53. The van der Waals surface area contributed by atoms with Crippen LogP contribution in [0.3, 0.4) is 0 Å². The normalized spacial score (nSPS) is 19.0. The maximum Gasteiger partial charge on any atom is 0.290 e. The molecule has 3 N–H and O–H groups in total. The predicted molar refractivity (Wildman–Crippen MR) is 108 cm³/mol. The van der Waals surface area contributed by atoms with E-state index in [1.807, 2.05) is 0 Å². The summed E-state index contributed by atoms with van der Waals surface area (Å²) >= 11 is 0.860. The van der Waals surface area contributed by atoms with Crippen molar-refractivity contribution in [2.24, 2.45) is 0 Å². The standard InChI is InChI=1S/C19H19N5O4S/c25-14-2-1-12(9-15(14)26)11-23-5-7-24(8-6-23)18-20-4-3-13(21-18)10-16-17(27)22-19(28)29-16/h1-4,9-10,25-26H,5-8,11H2,(H,22,27,28). The molecule has 2 aliphatic heterocycles. The monoisotopic (exact) mass is 413 g/mol. The molecule has 10 heteroatoms. The van der Waals surface area contributed by atoms with E-state index in [2.05, 4.69) is 25.1 Å². The van der Waals surface area contributed by atoms with Crippen molar-refractivity contribution in [1.82, 2.24) is 20.2 Å². The van der Waals surface area contributed by atoms with E-state index in [0.29, 0.717) is 23.1 Å². The lowest BCUT2D eigenvalue weighted by atomic mass is 10.1. The van der Waals surface area contributed by atoms with Gasteiger partial charge in [0, 0.05) is 38.9 Å². The van der Waals surface area contributed by atoms with E-state index in [4.69, 9.17) is 0 Å². The molecule has 2 fully saturated rings. The van der Waals surface area contributed by atoms with Crippen molar-refractivity contribution in [1.29, 1.82) is 0 Å². The molecule has 1 aromatic heterocycles. The molecule has 4 rings (SSSR count). The fourth-order valence-corrected chi connectivity index (χ4v) is 3.85. The number of carbonyl (C=O) groups excluding carboxylic acids is 2. The quantitative estimate of drug-likeness (QED) is 0.506. The maximum atomic E-state index is 11.7. The maximum absolute atomic E-state index is 11.7. The molecular formula is C19H19N5O4S. The molecule has 29 heavy (non-hydrogen) atoms. The first-order valence-corrected chi connectivity index (χ1v) is 9.85. The summed E-state index contributed by atoms with van der Waals surface area (Å²) in [7, 11) is 0. The minimum absolute atomic E-state index is 0.115. The Balaban J connectivity index is 1.38. The van der Waals surface area contributed by atoms with E-state index in [9.17, 15) is 19.8 Å². The first-order chi connectivity index (χ1) is 14.0. The highest BCUT2D eigenvalue weighted by Gasteiger charge is 2.25. The summed E-state index contributed by atoms with van der Waals surface area (Å²) in [4.78, 5) is 36.5. The molecule has 0 spiro atoms. The van der Waals surface area contributed by atoms with Crippen LogP contribution in [-0.4, -0.2) is 62.4 Å². The van der Waals surface area contributed by atoms with Gasteiger partial charge in [0.1, 0.15) is 0 Å². The number of carbonyl (C=O) groups is 2. The number of amides is 2. The van der Waals surface area contributed by atoms with Crippen molar-refractivity contribution >= 4 is 34.9 Å². The van der Waals surface area contributed by atoms with Crippen molar-refractivity contribution in [2.75, 3.05) is 31.1 Å². The van der Waals surface area contributed by atoms with Crippen LogP contribution in [0.25, 0.3) is 6.08 Å². The second-order valence-corrected chi connectivity index (χ2v) is 7.73. The number of nitrogens with one attached hydrogen (secondary N) is 1. The summed E-state index contributed by atoms with van der Waals surface area (Å²) in [6, 6.07) is 6.55. The van der Waals surface area contributed by atoms with E-state index in [-0.39, 0.29) is 16.7 Å². The van der Waals surface area contributed by atoms with Gasteiger partial charge in [-0.05, 0) is 41.6 Å². The molecule has 3 heterocycles. The first kappa shape index (κ1) is 19.2. The van der Waals surface area contributed by atoms with E-state index >= 15 is 0 Å². The van der Waals surface area contributed by atoms with E-state index in [1.165, 1.54) is 6.07 Å². The number of benzene rings is 1. The Hall–Kier alpha value is -3.11. The van der Waals surface area contributed by atoms with Gasteiger partial charge in [-0.2, -0.15) is 0 Å². The Kier molecular flexibility index (Phi) is 5.36. The number of piperazine rings is 1. The number of aromatic nitrogens is 2. The zero-order valence-electron chi connectivity index (χ0n) is 15.4. The molecule has 0 bridgehead atoms. The van der Waals surface area contributed by atoms with Gasteiger partial charge in [-0.1, -0.05) is 6.07 Å². The summed E-state index contributed by atoms with van der Waals surface area (Å²) in [6.45, 7) is 3.73. The van der Waals surface area contributed by atoms with Crippen LogP contribution in [-0.2, 0) is 11.3 Å². The smallest absolute Gasteiger partial charge is 0.290 e. The highest BCUT2D eigenvalue weighted by atomic mass is 32.2. The zero-order valence-corrected chi connectivity index (χ0v) is 16.2. The Morgan fingerprint density at radius 1 is 1.10 bits per heavy atom. The number of thioether (sulfide) groups is 1. The third kappa shape index (κ3) is 4.49. The fourth-order valence-electron chi connectivity index (χ4n) is 3.18. The van der Waals surface area contributed by atoms with Crippen LogP contribution >= 0.6 is 11.8 Å². The highest BCUT2D eigenvalue weighted by molar-refractivity contribution is 8.18. The molecular weight excluding hydrogens is 394 g/mol. The third-order valence-electron chi connectivity index (χ3n) is 4.69. The molecule has 2 aromatic rings. The van der Waals surface area contributed by atoms with Gasteiger partial charge in [0.25, 0.3) is 11.1 Å². The number of imide groups is 1. The van der Waals surface area contributed by atoms with Crippen molar-refractivity contribution < 1.29 is 19.8 Å². The number of hydrogen-bond donors (Lipinski definition) is 3. The van der Waals surface area contributed by atoms with E-state index < -0.39 is 5.91 Å². The summed E-state index contributed by atoms with van der Waals surface area (Å²) in [6.07, 6.45) is 3.23. The molecule has 0 radical (unpaired) electrons. The molecule has 1 aromatic carbocycles. The van der Waals surface area contributed by atoms with Crippen molar-refractivity contribution in [3.8, 4) is 11.5 Å². The van der Waals surface area contributed by atoms with Gasteiger partial charge in [0.15, 0.2) is 11.5 Å². The molecule has 2 aliphatic rings. The highest BCUT2D eigenvalue weighted by Crippen LogP contribution is 2.27. The minimum Gasteiger partial charge on any atom is -0.504 e. The van der Waals surface area contributed by atoms with E-state index in [0.717, 1.165) is 43.5 Å². The van der Waals surface area contributed by atoms with Gasteiger partial charge >= 0.3 is 0 Å². The van der Waals surface area contributed by atoms with Gasteiger partial charge in [0.05, 0.1) is 10.6 Å². The van der Waals surface area contributed by atoms with Crippen LogP contribution in [0.1, 0.15) is 11.3 Å². The average Bonchev–Trinajstić information content (AvgIpc) is 3.02. The zero-order chi connectivity index (χ0) is 20.4. The molecule has 150 valence electrons. The summed E-state index contributed by atoms with van der Waals surface area (Å²) in [5, 5.41) is 20.9. The summed E-state index contributed by atoms with van der Waals surface area (Å²) in [5.74, 6) is -0.0650. The van der Waals surface area contributed by atoms with Gasteiger partial charge in [0.2, 0.25) is 5.95 Å². The van der Waals surface area contributed by atoms with Crippen molar-refractivity contribution in [2.45, 2.75) is 6.54 Å². The first-order valence-electron chi connectivity index (χ1n) is 9.04. The third-order valence-corrected chi connectivity index (χ3v) is 5.50. The summed E-state index contributed by atoms with van der Waals surface area (Å²) < 4.78 is 0. The number of phenols is 2. The van der Waals surface area contributed by atoms with Crippen LogP contribution in [0.4, 0.5) is 10.7 Å².